The Morgan fingerprint density at radius 1 is 0.966 bits per heavy atom. The second-order valence-corrected chi connectivity index (χ2v) is 9.63. The Balaban J connectivity index is 1.56. The molecule has 7 atom stereocenters. The van der Waals surface area contributed by atoms with Gasteiger partial charge in [0, 0.05) is 17.6 Å². The Morgan fingerprint density at radius 2 is 1.55 bits per heavy atom. The van der Waals surface area contributed by atoms with Crippen LogP contribution in [0.1, 0.15) is 32.1 Å². The van der Waals surface area contributed by atoms with Gasteiger partial charge in [-0.15, -0.1) is 0 Å². The predicted molar refractivity (Wildman–Crippen MR) is 105 cm³/mol. The van der Waals surface area contributed by atoms with Crippen LogP contribution in [0.2, 0.25) is 0 Å². The predicted octanol–water partition coefficient (Wildman–Crippen LogP) is 2.78. The molecule has 0 heterocycles. The first-order valence-corrected chi connectivity index (χ1v) is 10.3. The molecule has 1 N–H and O–H groups in total. The Bertz CT molecular complexity index is 746. The van der Waals surface area contributed by atoms with E-state index in [0.717, 1.165) is 32.1 Å². The molecular weight excluding hydrogens is 372 g/mol. The lowest BCUT2D eigenvalue weighted by Crippen LogP contribution is -2.52. The standard InChI is InChI=1S/C23H30O6/c1-4-18(24)27-9-15-16-7-21(13-28-19(25)5-2)10-22(14-29-20(26)6-3)8-17(15)23(16,11-21)12-22/h4-6,15-17,19,25H,1-3,7-14H2. The molecule has 0 saturated heterocycles. The molecule has 0 aromatic carbocycles. The van der Waals surface area contributed by atoms with Gasteiger partial charge in [0.25, 0.3) is 0 Å². The summed E-state index contributed by atoms with van der Waals surface area (Å²) in [4.78, 5) is 23.3. The van der Waals surface area contributed by atoms with Crippen molar-refractivity contribution in [2.24, 2.45) is 34.0 Å². The molecule has 7 unspecified atom stereocenters. The maximum absolute atomic E-state index is 11.7. The lowest BCUT2D eigenvalue weighted by Gasteiger charge is -2.55. The molecule has 0 aromatic rings. The summed E-state index contributed by atoms with van der Waals surface area (Å²) in [5, 5.41) is 9.84. The van der Waals surface area contributed by atoms with Gasteiger partial charge in [-0.3, -0.25) is 0 Å². The van der Waals surface area contributed by atoms with Gasteiger partial charge in [0.15, 0.2) is 6.29 Å². The van der Waals surface area contributed by atoms with Crippen molar-refractivity contribution < 1.29 is 28.9 Å². The quantitative estimate of drug-likeness (QED) is 0.262. The minimum atomic E-state index is -0.977. The Morgan fingerprint density at radius 3 is 2.14 bits per heavy atom. The molecule has 6 heteroatoms. The van der Waals surface area contributed by atoms with Crippen LogP contribution in [0.3, 0.4) is 0 Å². The number of aliphatic hydroxyl groups is 1. The minimum absolute atomic E-state index is 0.0561. The summed E-state index contributed by atoms with van der Waals surface area (Å²) in [5.41, 5.74) is 0.0576. The first-order valence-electron chi connectivity index (χ1n) is 10.3. The number of ether oxygens (including phenoxy) is 3. The van der Waals surface area contributed by atoms with Gasteiger partial charge in [-0.2, -0.15) is 0 Å². The van der Waals surface area contributed by atoms with Crippen LogP contribution < -0.4 is 0 Å². The van der Waals surface area contributed by atoms with E-state index in [0.29, 0.717) is 37.6 Å². The summed E-state index contributed by atoms with van der Waals surface area (Å²) in [6, 6.07) is 0. The van der Waals surface area contributed by atoms with Crippen LogP contribution in [-0.4, -0.2) is 43.2 Å². The van der Waals surface area contributed by atoms with Crippen LogP contribution in [0.15, 0.2) is 38.0 Å². The molecule has 29 heavy (non-hydrogen) atoms. The highest BCUT2D eigenvalue weighted by Gasteiger charge is 2.78. The Labute approximate surface area is 171 Å². The fourth-order valence-electron chi connectivity index (χ4n) is 7.53. The topological polar surface area (TPSA) is 82.1 Å². The SMILES string of the molecule is C=CC(=O)OCC1C2CC3(COC(=O)C=C)CC4(COC(O)C=C)CC1C2(C3)C4. The van der Waals surface area contributed by atoms with E-state index in [9.17, 15) is 14.7 Å². The van der Waals surface area contributed by atoms with Crippen LogP contribution in [-0.2, 0) is 23.8 Å². The molecule has 3 bridgehead atoms. The Hall–Kier alpha value is -1.92. The van der Waals surface area contributed by atoms with E-state index in [4.69, 9.17) is 14.2 Å². The normalized spacial score (nSPS) is 41.8. The number of aliphatic hydroxyl groups excluding tert-OH is 1. The largest absolute Gasteiger partial charge is 0.462 e. The Kier molecular flexibility index (Phi) is 4.98. The van der Waals surface area contributed by atoms with Crippen molar-refractivity contribution in [3.63, 3.8) is 0 Å². The fraction of sp³-hybridized carbons (Fsp3) is 0.652. The number of fused-ring (bicyclic) bond motifs is 2. The van der Waals surface area contributed by atoms with Crippen molar-refractivity contribution in [3.05, 3.63) is 38.0 Å². The van der Waals surface area contributed by atoms with Gasteiger partial charge in [-0.1, -0.05) is 19.7 Å². The van der Waals surface area contributed by atoms with E-state index in [1.165, 1.54) is 18.2 Å². The zero-order valence-electron chi connectivity index (χ0n) is 16.8. The van der Waals surface area contributed by atoms with E-state index < -0.39 is 12.3 Å². The van der Waals surface area contributed by atoms with Crippen molar-refractivity contribution in [1.29, 1.82) is 0 Å². The highest BCUT2D eigenvalue weighted by molar-refractivity contribution is 5.81. The second-order valence-electron chi connectivity index (χ2n) is 9.63. The second kappa shape index (κ2) is 7.10. The summed E-state index contributed by atoms with van der Waals surface area (Å²) in [7, 11) is 0. The van der Waals surface area contributed by atoms with Crippen LogP contribution in [0.25, 0.3) is 0 Å². The van der Waals surface area contributed by atoms with Gasteiger partial charge in [0.1, 0.15) is 0 Å². The summed E-state index contributed by atoms with van der Waals surface area (Å²) in [6.07, 6.45) is 7.79. The van der Waals surface area contributed by atoms with Crippen molar-refractivity contribution in [3.8, 4) is 0 Å². The van der Waals surface area contributed by atoms with E-state index in [-0.39, 0.29) is 22.2 Å². The van der Waals surface area contributed by atoms with E-state index in [1.807, 2.05) is 0 Å². The summed E-state index contributed by atoms with van der Waals surface area (Å²) >= 11 is 0. The van der Waals surface area contributed by atoms with Crippen molar-refractivity contribution in [1.82, 2.24) is 0 Å². The third-order valence-electron chi connectivity index (χ3n) is 8.01. The van der Waals surface area contributed by atoms with E-state index in [1.54, 1.807) is 0 Å². The van der Waals surface area contributed by atoms with Gasteiger partial charge in [0.2, 0.25) is 0 Å². The van der Waals surface area contributed by atoms with Crippen LogP contribution >= 0.6 is 0 Å². The molecule has 1 spiro atoms. The monoisotopic (exact) mass is 402 g/mol. The zero-order valence-corrected chi connectivity index (χ0v) is 16.8. The molecule has 4 rings (SSSR count). The maximum atomic E-state index is 11.7. The van der Waals surface area contributed by atoms with E-state index in [2.05, 4.69) is 19.7 Å². The molecule has 0 aliphatic heterocycles. The molecule has 0 amide bonds. The minimum Gasteiger partial charge on any atom is -0.462 e. The van der Waals surface area contributed by atoms with Gasteiger partial charge >= 0.3 is 11.9 Å². The van der Waals surface area contributed by atoms with Gasteiger partial charge in [-0.25, -0.2) is 9.59 Å². The third-order valence-corrected chi connectivity index (χ3v) is 8.01. The molecule has 4 aliphatic carbocycles. The van der Waals surface area contributed by atoms with Crippen molar-refractivity contribution >= 4 is 11.9 Å². The smallest absolute Gasteiger partial charge is 0.330 e. The average molecular weight is 402 g/mol. The summed E-state index contributed by atoms with van der Waals surface area (Å²) < 4.78 is 16.6. The highest BCUT2D eigenvalue weighted by Crippen LogP contribution is 2.83. The molecule has 4 saturated carbocycles. The fourth-order valence-corrected chi connectivity index (χ4v) is 7.53. The number of rotatable bonds is 10. The first-order chi connectivity index (χ1) is 13.8. The number of carbonyl (C=O) groups is 2. The van der Waals surface area contributed by atoms with Crippen LogP contribution in [0.4, 0.5) is 0 Å². The number of esters is 2. The van der Waals surface area contributed by atoms with Gasteiger partial charge < -0.3 is 19.3 Å². The highest BCUT2D eigenvalue weighted by atomic mass is 16.6. The number of carbonyl (C=O) groups excluding carboxylic acids is 2. The molecule has 4 aliphatic rings. The molecule has 158 valence electrons. The maximum Gasteiger partial charge on any atom is 0.330 e. The lowest BCUT2D eigenvalue weighted by atomic mass is 9.49. The number of hydrogen-bond donors (Lipinski definition) is 1. The molecule has 0 radical (unpaired) electrons. The molecule has 0 aromatic heterocycles. The van der Waals surface area contributed by atoms with Crippen LogP contribution in [0.5, 0.6) is 0 Å². The molecule has 4 fully saturated rings. The summed E-state index contributed by atoms with van der Waals surface area (Å²) in [6.45, 7) is 11.8. The summed E-state index contributed by atoms with van der Waals surface area (Å²) in [5.74, 6) is 0.470. The third kappa shape index (κ3) is 3.17. The number of hydrogen-bond acceptors (Lipinski definition) is 6. The van der Waals surface area contributed by atoms with Crippen LogP contribution in [0, 0.1) is 34.0 Å². The molecular formula is C23H30O6. The average Bonchev–Trinajstić information content (AvgIpc) is 3.06. The van der Waals surface area contributed by atoms with Gasteiger partial charge in [0.05, 0.1) is 19.8 Å². The zero-order chi connectivity index (χ0) is 20.9. The van der Waals surface area contributed by atoms with Gasteiger partial charge in [-0.05, 0) is 66.8 Å². The first kappa shape index (κ1) is 20.4. The van der Waals surface area contributed by atoms with Crippen molar-refractivity contribution in [2.45, 2.75) is 38.4 Å². The molecule has 6 nitrogen and oxygen atoms in total. The lowest BCUT2D eigenvalue weighted by molar-refractivity contribution is -0.152. The van der Waals surface area contributed by atoms with Crippen molar-refractivity contribution in [2.75, 3.05) is 19.8 Å². The van der Waals surface area contributed by atoms with E-state index >= 15 is 0 Å².